The average molecular weight is 223 g/mol. The number of hydrogen-bond acceptors (Lipinski definition) is 1. The van der Waals surface area contributed by atoms with Crippen LogP contribution in [-0.4, -0.2) is 12.7 Å². The Balaban J connectivity index is 2.42. The summed E-state index contributed by atoms with van der Waals surface area (Å²) < 4.78 is 37.5. The molecular weight excluding hydrogens is 203 g/mol. The minimum absolute atomic E-state index is 0.236. The van der Waals surface area contributed by atoms with E-state index in [0.29, 0.717) is 0 Å². The number of hydrogen-bond donors (Lipinski definition) is 1. The van der Waals surface area contributed by atoms with Gasteiger partial charge in [0.05, 0.1) is 5.92 Å². The third kappa shape index (κ3) is 4.41. The fourth-order valence-electron chi connectivity index (χ4n) is 2.37. The predicted octanol–water partition coefficient (Wildman–Crippen LogP) is 3.48. The summed E-state index contributed by atoms with van der Waals surface area (Å²) in [7, 11) is 0. The third-order valence-electron chi connectivity index (χ3n) is 3.34. The Kier molecular flexibility index (Phi) is 4.90. The third-order valence-corrected chi connectivity index (χ3v) is 3.34. The largest absolute Gasteiger partial charge is 0.393 e. The smallest absolute Gasteiger partial charge is 0.330 e. The van der Waals surface area contributed by atoms with Gasteiger partial charge in [-0.05, 0) is 12.3 Å². The SMILES string of the molecule is NCC(CC1CCCCCC1)C(F)(F)F. The van der Waals surface area contributed by atoms with Crippen molar-refractivity contribution in [2.24, 2.45) is 17.6 Å². The fourth-order valence-corrected chi connectivity index (χ4v) is 2.37. The number of rotatable bonds is 3. The Bertz CT molecular complexity index is 171. The van der Waals surface area contributed by atoms with Gasteiger partial charge in [-0.25, -0.2) is 0 Å². The summed E-state index contributed by atoms with van der Waals surface area (Å²) in [5.74, 6) is -1.05. The van der Waals surface area contributed by atoms with Crippen LogP contribution in [0.2, 0.25) is 0 Å². The second-order valence-electron chi connectivity index (χ2n) is 4.57. The molecule has 2 N–H and O–H groups in total. The molecule has 0 amide bonds. The van der Waals surface area contributed by atoms with Crippen molar-refractivity contribution in [1.29, 1.82) is 0 Å². The molecule has 0 saturated heterocycles. The van der Waals surface area contributed by atoms with Gasteiger partial charge < -0.3 is 5.73 Å². The van der Waals surface area contributed by atoms with Crippen LogP contribution in [0, 0.1) is 11.8 Å². The zero-order valence-corrected chi connectivity index (χ0v) is 9.02. The molecule has 1 atom stereocenters. The van der Waals surface area contributed by atoms with E-state index in [1.54, 1.807) is 0 Å². The van der Waals surface area contributed by atoms with Crippen LogP contribution in [-0.2, 0) is 0 Å². The minimum Gasteiger partial charge on any atom is -0.330 e. The van der Waals surface area contributed by atoms with Crippen molar-refractivity contribution in [1.82, 2.24) is 0 Å². The molecule has 0 bridgehead atoms. The lowest BCUT2D eigenvalue weighted by molar-refractivity contribution is -0.176. The van der Waals surface area contributed by atoms with Gasteiger partial charge >= 0.3 is 6.18 Å². The van der Waals surface area contributed by atoms with Crippen LogP contribution in [0.4, 0.5) is 13.2 Å². The molecule has 1 fully saturated rings. The first-order chi connectivity index (χ1) is 7.04. The van der Waals surface area contributed by atoms with E-state index in [1.165, 1.54) is 12.8 Å². The van der Waals surface area contributed by atoms with Gasteiger partial charge in [0.1, 0.15) is 0 Å². The van der Waals surface area contributed by atoms with E-state index >= 15 is 0 Å². The van der Waals surface area contributed by atoms with Crippen molar-refractivity contribution >= 4 is 0 Å². The molecule has 1 rings (SSSR count). The monoisotopic (exact) mass is 223 g/mol. The topological polar surface area (TPSA) is 26.0 Å². The first-order valence-electron chi connectivity index (χ1n) is 5.81. The van der Waals surface area contributed by atoms with Gasteiger partial charge in [-0.15, -0.1) is 0 Å². The summed E-state index contributed by atoms with van der Waals surface area (Å²) in [6, 6.07) is 0. The Morgan fingerprint density at radius 2 is 1.60 bits per heavy atom. The van der Waals surface area contributed by atoms with E-state index in [9.17, 15) is 13.2 Å². The number of nitrogens with two attached hydrogens (primary N) is 1. The van der Waals surface area contributed by atoms with Gasteiger partial charge in [0.2, 0.25) is 0 Å². The van der Waals surface area contributed by atoms with Crippen LogP contribution in [0.1, 0.15) is 44.9 Å². The zero-order valence-electron chi connectivity index (χ0n) is 9.02. The van der Waals surface area contributed by atoms with E-state index in [-0.39, 0.29) is 18.9 Å². The highest BCUT2D eigenvalue weighted by molar-refractivity contribution is 4.74. The molecule has 4 heteroatoms. The second-order valence-corrected chi connectivity index (χ2v) is 4.57. The van der Waals surface area contributed by atoms with Crippen molar-refractivity contribution in [2.45, 2.75) is 51.1 Å². The van der Waals surface area contributed by atoms with Gasteiger partial charge in [0.25, 0.3) is 0 Å². The quantitative estimate of drug-likeness (QED) is 0.728. The lowest BCUT2D eigenvalue weighted by Gasteiger charge is -2.23. The van der Waals surface area contributed by atoms with E-state index in [4.69, 9.17) is 5.73 Å². The molecule has 15 heavy (non-hydrogen) atoms. The molecule has 1 saturated carbocycles. The van der Waals surface area contributed by atoms with Crippen LogP contribution in [0.5, 0.6) is 0 Å². The van der Waals surface area contributed by atoms with Crippen molar-refractivity contribution < 1.29 is 13.2 Å². The van der Waals surface area contributed by atoms with Gasteiger partial charge in [-0.1, -0.05) is 38.5 Å². The van der Waals surface area contributed by atoms with Gasteiger partial charge in [-0.3, -0.25) is 0 Å². The highest BCUT2D eigenvalue weighted by atomic mass is 19.4. The standard InChI is InChI=1S/C11H20F3N/c12-11(13,14)10(8-15)7-9-5-3-1-2-4-6-9/h9-10H,1-8,15H2. The summed E-state index contributed by atoms with van der Waals surface area (Å²) in [5.41, 5.74) is 5.20. The molecule has 1 unspecified atom stereocenters. The molecular formula is C11H20F3N. The lowest BCUT2D eigenvalue weighted by Crippen LogP contribution is -2.32. The highest BCUT2D eigenvalue weighted by Crippen LogP contribution is 2.35. The van der Waals surface area contributed by atoms with Crippen molar-refractivity contribution in [3.05, 3.63) is 0 Å². The summed E-state index contributed by atoms with van der Waals surface area (Å²) in [5, 5.41) is 0. The highest BCUT2D eigenvalue weighted by Gasteiger charge is 2.39. The molecule has 0 heterocycles. The van der Waals surface area contributed by atoms with Crippen LogP contribution >= 0.6 is 0 Å². The minimum atomic E-state index is -4.11. The molecule has 1 nitrogen and oxygen atoms in total. The van der Waals surface area contributed by atoms with E-state index in [1.807, 2.05) is 0 Å². The summed E-state index contributed by atoms with van der Waals surface area (Å²) >= 11 is 0. The Morgan fingerprint density at radius 1 is 1.07 bits per heavy atom. The number of alkyl halides is 3. The molecule has 0 aromatic rings. The first-order valence-corrected chi connectivity index (χ1v) is 5.81. The molecule has 0 radical (unpaired) electrons. The Labute approximate surface area is 89.2 Å². The molecule has 0 aromatic heterocycles. The summed E-state index contributed by atoms with van der Waals surface area (Å²) in [4.78, 5) is 0. The fraction of sp³-hybridized carbons (Fsp3) is 1.00. The predicted molar refractivity (Wildman–Crippen MR) is 54.4 cm³/mol. The summed E-state index contributed by atoms with van der Waals surface area (Å²) in [6.45, 7) is -0.264. The van der Waals surface area contributed by atoms with Crippen molar-refractivity contribution in [3.63, 3.8) is 0 Å². The van der Waals surface area contributed by atoms with Gasteiger partial charge in [-0.2, -0.15) is 13.2 Å². The maximum atomic E-state index is 12.5. The zero-order chi connectivity index (χ0) is 11.3. The molecule has 1 aliphatic rings. The molecule has 0 spiro atoms. The maximum Gasteiger partial charge on any atom is 0.393 e. The van der Waals surface area contributed by atoms with Crippen LogP contribution in [0.15, 0.2) is 0 Å². The molecule has 0 aliphatic heterocycles. The van der Waals surface area contributed by atoms with E-state index in [2.05, 4.69) is 0 Å². The van der Waals surface area contributed by atoms with Crippen molar-refractivity contribution in [2.75, 3.05) is 6.54 Å². The van der Waals surface area contributed by atoms with Gasteiger partial charge in [0, 0.05) is 6.54 Å². The molecule has 0 aromatic carbocycles. The second kappa shape index (κ2) is 5.73. The normalized spacial score (nSPS) is 22.4. The van der Waals surface area contributed by atoms with E-state index in [0.717, 1.165) is 25.7 Å². The van der Waals surface area contributed by atoms with Crippen molar-refractivity contribution in [3.8, 4) is 0 Å². The Morgan fingerprint density at radius 3 is 2.00 bits per heavy atom. The lowest BCUT2D eigenvalue weighted by atomic mass is 9.88. The Hall–Kier alpha value is -0.250. The average Bonchev–Trinajstić information content (AvgIpc) is 2.40. The number of halogens is 3. The molecule has 90 valence electrons. The maximum absolute atomic E-state index is 12.5. The van der Waals surface area contributed by atoms with E-state index < -0.39 is 12.1 Å². The first kappa shape index (κ1) is 12.8. The summed E-state index contributed by atoms with van der Waals surface area (Å²) in [6.07, 6.45) is 2.55. The van der Waals surface area contributed by atoms with Crippen LogP contribution < -0.4 is 5.73 Å². The van der Waals surface area contributed by atoms with Crippen LogP contribution in [0.3, 0.4) is 0 Å². The van der Waals surface area contributed by atoms with Gasteiger partial charge in [0.15, 0.2) is 0 Å². The van der Waals surface area contributed by atoms with Crippen LogP contribution in [0.25, 0.3) is 0 Å². The molecule has 1 aliphatic carbocycles.